The molecule has 0 saturated carbocycles. The average molecular weight is 220 g/mol. The summed E-state index contributed by atoms with van der Waals surface area (Å²) in [5.41, 5.74) is 1.35. The van der Waals surface area contributed by atoms with Gasteiger partial charge in [-0.15, -0.1) is 0 Å². The number of nitrogens with zero attached hydrogens (tertiary/aromatic N) is 2. The summed E-state index contributed by atoms with van der Waals surface area (Å²) >= 11 is 0. The van der Waals surface area contributed by atoms with Gasteiger partial charge in [0.2, 0.25) is 6.08 Å². The van der Waals surface area contributed by atoms with Crippen LogP contribution in [0.15, 0.2) is 23.2 Å². The van der Waals surface area contributed by atoms with Crippen LogP contribution >= 0.6 is 0 Å². The van der Waals surface area contributed by atoms with E-state index in [1.165, 1.54) is 12.1 Å². The van der Waals surface area contributed by atoms with Crippen molar-refractivity contribution in [1.82, 2.24) is 0 Å². The monoisotopic (exact) mass is 220 g/mol. The number of aliphatic imine (C=N–C) groups is 1. The van der Waals surface area contributed by atoms with Gasteiger partial charge in [-0.3, -0.25) is 0 Å². The Morgan fingerprint density at radius 1 is 1.38 bits per heavy atom. The van der Waals surface area contributed by atoms with E-state index in [4.69, 9.17) is 0 Å². The predicted octanol–water partition coefficient (Wildman–Crippen LogP) is 2.26. The second kappa shape index (κ2) is 4.90. The van der Waals surface area contributed by atoms with Gasteiger partial charge in [-0.1, -0.05) is 6.07 Å². The van der Waals surface area contributed by atoms with Crippen molar-refractivity contribution in [3.05, 3.63) is 29.6 Å². The quantitative estimate of drug-likeness (QED) is 0.578. The van der Waals surface area contributed by atoms with Crippen LogP contribution in [0.5, 0.6) is 0 Å². The Bertz CT molecular complexity index is 421. The first-order valence-electron chi connectivity index (χ1n) is 5.38. The standard InChI is InChI=1S/C12H13FN2O/c13-11-7-10(8-14-9-16)3-4-12(11)15-5-1-2-6-15/h3-4,7H,1-2,5-6,8H2. The molecule has 1 aromatic carbocycles. The zero-order valence-corrected chi connectivity index (χ0v) is 8.95. The third-order valence-electron chi connectivity index (χ3n) is 2.79. The first-order valence-corrected chi connectivity index (χ1v) is 5.38. The molecule has 0 amide bonds. The normalized spacial score (nSPS) is 14.9. The van der Waals surface area contributed by atoms with Gasteiger partial charge in [0.15, 0.2) is 0 Å². The van der Waals surface area contributed by atoms with Crippen molar-refractivity contribution in [2.45, 2.75) is 19.4 Å². The van der Waals surface area contributed by atoms with Crippen molar-refractivity contribution >= 4 is 11.8 Å². The zero-order valence-electron chi connectivity index (χ0n) is 8.95. The van der Waals surface area contributed by atoms with Gasteiger partial charge in [-0.2, -0.15) is 0 Å². The molecule has 16 heavy (non-hydrogen) atoms. The maximum atomic E-state index is 13.7. The first-order chi connectivity index (χ1) is 7.81. The van der Waals surface area contributed by atoms with Gasteiger partial charge in [0.1, 0.15) is 5.82 Å². The molecule has 0 spiro atoms. The fraction of sp³-hybridized carbons (Fsp3) is 0.417. The van der Waals surface area contributed by atoms with Crippen molar-refractivity contribution in [2.75, 3.05) is 18.0 Å². The lowest BCUT2D eigenvalue weighted by Crippen LogP contribution is -2.18. The largest absolute Gasteiger partial charge is 0.369 e. The van der Waals surface area contributed by atoms with Gasteiger partial charge in [-0.25, -0.2) is 14.2 Å². The minimum absolute atomic E-state index is 0.195. The Hall–Kier alpha value is -1.67. The lowest BCUT2D eigenvalue weighted by Gasteiger charge is -2.18. The van der Waals surface area contributed by atoms with Crippen molar-refractivity contribution < 1.29 is 9.18 Å². The number of benzene rings is 1. The van der Waals surface area contributed by atoms with Crippen molar-refractivity contribution in [3.8, 4) is 0 Å². The Morgan fingerprint density at radius 2 is 2.12 bits per heavy atom. The molecule has 1 heterocycles. The van der Waals surface area contributed by atoms with E-state index in [0.29, 0.717) is 11.3 Å². The molecule has 1 saturated heterocycles. The Morgan fingerprint density at radius 3 is 2.75 bits per heavy atom. The lowest BCUT2D eigenvalue weighted by molar-refractivity contribution is 0.562. The molecule has 2 rings (SSSR count). The maximum Gasteiger partial charge on any atom is 0.235 e. The summed E-state index contributed by atoms with van der Waals surface area (Å²) in [7, 11) is 0. The fourth-order valence-electron chi connectivity index (χ4n) is 1.99. The summed E-state index contributed by atoms with van der Waals surface area (Å²) in [4.78, 5) is 15.4. The van der Waals surface area contributed by atoms with Gasteiger partial charge in [0.25, 0.3) is 0 Å². The number of hydrogen-bond acceptors (Lipinski definition) is 3. The lowest BCUT2D eigenvalue weighted by atomic mass is 10.2. The number of carbonyl (C=O) groups excluding carboxylic acids is 1. The highest BCUT2D eigenvalue weighted by molar-refractivity contribution is 5.50. The summed E-state index contributed by atoms with van der Waals surface area (Å²) in [6.07, 6.45) is 3.69. The minimum Gasteiger partial charge on any atom is -0.369 e. The van der Waals surface area contributed by atoms with E-state index in [1.54, 1.807) is 12.1 Å². The fourth-order valence-corrected chi connectivity index (χ4v) is 1.99. The average Bonchev–Trinajstić information content (AvgIpc) is 2.80. The predicted molar refractivity (Wildman–Crippen MR) is 59.7 cm³/mol. The van der Waals surface area contributed by atoms with E-state index in [2.05, 4.69) is 4.99 Å². The topological polar surface area (TPSA) is 32.7 Å². The summed E-state index contributed by atoms with van der Waals surface area (Å²) in [5.74, 6) is -0.236. The SMILES string of the molecule is O=C=NCc1ccc(N2CCCC2)c(F)c1. The van der Waals surface area contributed by atoms with Crippen LogP contribution in [-0.4, -0.2) is 19.2 Å². The highest BCUT2D eigenvalue weighted by Gasteiger charge is 2.15. The second-order valence-corrected chi connectivity index (χ2v) is 3.89. The van der Waals surface area contributed by atoms with Gasteiger partial charge >= 0.3 is 0 Å². The molecule has 0 bridgehead atoms. The Balaban J connectivity index is 2.18. The van der Waals surface area contributed by atoms with Crippen molar-refractivity contribution in [1.29, 1.82) is 0 Å². The van der Waals surface area contributed by atoms with Crippen molar-refractivity contribution in [3.63, 3.8) is 0 Å². The van der Waals surface area contributed by atoms with E-state index in [1.807, 2.05) is 4.90 Å². The van der Waals surface area contributed by atoms with Gasteiger partial charge in [-0.05, 0) is 30.5 Å². The summed E-state index contributed by atoms with van der Waals surface area (Å²) in [6, 6.07) is 5.00. The molecule has 4 heteroatoms. The Kier molecular flexibility index (Phi) is 3.32. The van der Waals surface area contributed by atoms with Crippen LogP contribution in [0.1, 0.15) is 18.4 Å². The number of anilines is 1. The van der Waals surface area contributed by atoms with Crippen LogP contribution in [0.4, 0.5) is 10.1 Å². The molecule has 1 aliphatic rings. The molecule has 3 nitrogen and oxygen atoms in total. The molecule has 0 aromatic heterocycles. The molecular formula is C12H13FN2O. The molecule has 0 radical (unpaired) electrons. The second-order valence-electron chi connectivity index (χ2n) is 3.89. The molecule has 1 aromatic rings. The molecular weight excluding hydrogens is 207 g/mol. The minimum atomic E-state index is -0.236. The van der Waals surface area contributed by atoms with Crippen LogP contribution in [-0.2, 0) is 11.3 Å². The highest BCUT2D eigenvalue weighted by atomic mass is 19.1. The zero-order chi connectivity index (χ0) is 11.4. The van der Waals surface area contributed by atoms with E-state index in [9.17, 15) is 9.18 Å². The molecule has 0 N–H and O–H groups in total. The third-order valence-corrected chi connectivity index (χ3v) is 2.79. The van der Waals surface area contributed by atoms with Crippen LogP contribution in [0.25, 0.3) is 0 Å². The number of isocyanates is 1. The van der Waals surface area contributed by atoms with Crippen LogP contribution in [0.3, 0.4) is 0 Å². The van der Waals surface area contributed by atoms with Gasteiger partial charge < -0.3 is 4.90 Å². The Labute approximate surface area is 93.6 Å². The number of hydrogen-bond donors (Lipinski definition) is 0. The van der Waals surface area contributed by atoms with Crippen LogP contribution in [0.2, 0.25) is 0 Å². The summed E-state index contributed by atoms with van der Waals surface area (Å²) in [5, 5.41) is 0. The molecule has 0 unspecified atom stereocenters. The summed E-state index contributed by atoms with van der Waals surface area (Å²) < 4.78 is 13.7. The number of halogens is 1. The van der Waals surface area contributed by atoms with E-state index in [-0.39, 0.29) is 12.4 Å². The molecule has 1 fully saturated rings. The van der Waals surface area contributed by atoms with Crippen molar-refractivity contribution in [2.24, 2.45) is 4.99 Å². The molecule has 84 valence electrons. The van der Waals surface area contributed by atoms with E-state index < -0.39 is 0 Å². The molecule has 1 aliphatic heterocycles. The number of rotatable bonds is 3. The highest BCUT2D eigenvalue weighted by Crippen LogP contribution is 2.24. The smallest absolute Gasteiger partial charge is 0.235 e. The van der Waals surface area contributed by atoms with Gasteiger partial charge in [0, 0.05) is 13.1 Å². The third kappa shape index (κ3) is 2.28. The van der Waals surface area contributed by atoms with E-state index >= 15 is 0 Å². The van der Waals surface area contributed by atoms with E-state index in [0.717, 1.165) is 25.9 Å². The summed E-state index contributed by atoms with van der Waals surface area (Å²) in [6.45, 7) is 2.03. The van der Waals surface area contributed by atoms with Crippen LogP contribution in [0, 0.1) is 5.82 Å². The van der Waals surface area contributed by atoms with Crippen LogP contribution < -0.4 is 4.90 Å². The molecule has 0 atom stereocenters. The maximum absolute atomic E-state index is 13.7. The van der Waals surface area contributed by atoms with Gasteiger partial charge in [0.05, 0.1) is 12.2 Å². The first kappa shape index (κ1) is 10.8. The molecule has 0 aliphatic carbocycles.